The van der Waals surface area contributed by atoms with Crippen LogP contribution in [-0.2, 0) is 26.3 Å². The van der Waals surface area contributed by atoms with Crippen LogP contribution >= 0.6 is 0 Å². The van der Waals surface area contributed by atoms with Gasteiger partial charge in [-0.15, -0.1) is 0 Å². The summed E-state index contributed by atoms with van der Waals surface area (Å²) < 4.78 is 15.6. The maximum atomic E-state index is 11.8. The Morgan fingerprint density at radius 1 is 0.931 bits per heavy atom. The SMILES string of the molecule is COc1ccc(CNC(=O)COC(=O)CCOc2ccc(C(C)(C)C)cc2)cc1. The molecular formula is C23H29NO5. The summed E-state index contributed by atoms with van der Waals surface area (Å²) in [5.41, 5.74) is 2.22. The summed E-state index contributed by atoms with van der Waals surface area (Å²) >= 11 is 0. The third-order valence-electron chi connectivity index (χ3n) is 4.31. The van der Waals surface area contributed by atoms with Crippen molar-refractivity contribution in [2.24, 2.45) is 0 Å². The molecule has 0 saturated heterocycles. The van der Waals surface area contributed by atoms with Crippen LogP contribution in [0.1, 0.15) is 38.3 Å². The summed E-state index contributed by atoms with van der Waals surface area (Å²) in [5, 5.41) is 2.70. The third kappa shape index (κ3) is 7.86. The number of esters is 1. The number of benzene rings is 2. The Labute approximate surface area is 172 Å². The average Bonchev–Trinajstić information content (AvgIpc) is 2.71. The van der Waals surface area contributed by atoms with E-state index in [9.17, 15) is 9.59 Å². The van der Waals surface area contributed by atoms with Gasteiger partial charge in [0.25, 0.3) is 5.91 Å². The van der Waals surface area contributed by atoms with Gasteiger partial charge in [-0.2, -0.15) is 0 Å². The van der Waals surface area contributed by atoms with E-state index in [4.69, 9.17) is 14.2 Å². The second-order valence-electron chi connectivity index (χ2n) is 7.66. The van der Waals surface area contributed by atoms with E-state index < -0.39 is 5.97 Å². The van der Waals surface area contributed by atoms with Crippen molar-refractivity contribution in [2.45, 2.75) is 39.2 Å². The zero-order chi connectivity index (χ0) is 21.3. The lowest BCUT2D eigenvalue weighted by atomic mass is 9.87. The predicted molar refractivity (Wildman–Crippen MR) is 111 cm³/mol. The van der Waals surface area contributed by atoms with Crippen LogP contribution in [-0.4, -0.2) is 32.2 Å². The number of amides is 1. The Bertz CT molecular complexity index is 792. The zero-order valence-electron chi connectivity index (χ0n) is 17.5. The van der Waals surface area contributed by atoms with Gasteiger partial charge < -0.3 is 19.5 Å². The Morgan fingerprint density at radius 2 is 1.55 bits per heavy atom. The maximum Gasteiger partial charge on any atom is 0.309 e. The fourth-order valence-corrected chi connectivity index (χ4v) is 2.52. The fourth-order valence-electron chi connectivity index (χ4n) is 2.52. The third-order valence-corrected chi connectivity index (χ3v) is 4.31. The molecule has 0 atom stereocenters. The minimum atomic E-state index is -0.476. The first-order valence-electron chi connectivity index (χ1n) is 9.56. The molecule has 2 rings (SSSR count). The van der Waals surface area contributed by atoms with Crippen molar-refractivity contribution in [3.63, 3.8) is 0 Å². The molecule has 1 N–H and O–H groups in total. The van der Waals surface area contributed by atoms with E-state index in [-0.39, 0.29) is 31.0 Å². The second-order valence-corrected chi connectivity index (χ2v) is 7.66. The zero-order valence-corrected chi connectivity index (χ0v) is 17.5. The highest BCUT2D eigenvalue weighted by Crippen LogP contribution is 2.24. The number of carbonyl (C=O) groups is 2. The van der Waals surface area contributed by atoms with E-state index in [0.717, 1.165) is 11.3 Å². The van der Waals surface area contributed by atoms with Crippen LogP contribution in [0.2, 0.25) is 0 Å². The highest BCUT2D eigenvalue weighted by molar-refractivity contribution is 5.80. The molecule has 29 heavy (non-hydrogen) atoms. The van der Waals surface area contributed by atoms with Crippen molar-refractivity contribution in [2.75, 3.05) is 20.3 Å². The molecule has 2 aromatic carbocycles. The van der Waals surface area contributed by atoms with E-state index in [1.54, 1.807) is 7.11 Å². The van der Waals surface area contributed by atoms with Crippen molar-refractivity contribution in [3.8, 4) is 11.5 Å². The van der Waals surface area contributed by atoms with Crippen LogP contribution in [0.25, 0.3) is 0 Å². The van der Waals surface area contributed by atoms with E-state index in [1.807, 2.05) is 48.5 Å². The van der Waals surface area contributed by atoms with E-state index in [0.29, 0.717) is 12.3 Å². The second kappa shape index (κ2) is 10.5. The minimum Gasteiger partial charge on any atom is -0.497 e. The molecule has 6 nitrogen and oxygen atoms in total. The lowest BCUT2D eigenvalue weighted by Gasteiger charge is -2.19. The Hall–Kier alpha value is -3.02. The molecule has 0 aliphatic heterocycles. The molecule has 0 aromatic heterocycles. The highest BCUT2D eigenvalue weighted by Gasteiger charge is 2.13. The monoisotopic (exact) mass is 399 g/mol. The summed E-state index contributed by atoms with van der Waals surface area (Å²) in [5.74, 6) is 0.619. The van der Waals surface area contributed by atoms with Gasteiger partial charge in [-0.1, -0.05) is 45.0 Å². The number of methoxy groups -OCH3 is 1. The lowest BCUT2D eigenvalue weighted by molar-refractivity contribution is -0.149. The summed E-state index contributed by atoms with van der Waals surface area (Å²) in [4.78, 5) is 23.6. The van der Waals surface area contributed by atoms with Gasteiger partial charge in [0, 0.05) is 6.54 Å². The topological polar surface area (TPSA) is 73.9 Å². The number of rotatable bonds is 9. The van der Waals surface area contributed by atoms with Crippen LogP contribution in [0, 0.1) is 0 Å². The van der Waals surface area contributed by atoms with Gasteiger partial charge in [0.05, 0.1) is 20.1 Å². The molecule has 0 aliphatic carbocycles. The summed E-state index contributed by atoms with van der Waals surface area (Å²) in [6, 6.07) is 15.2. The maximum absolute atomic E-state index is 11.8. The molecule has 0 unspecified atom stereocenters. The number of hydrogen-bond donors (Lipinski definition) is 1. The molecule has 0 heterocycles. The van der Waals surface area contributed by atoms with Crippen LogP contribution in [0.4, 0.5) is 0 Å². The lowest BCUT2D eigenvalue weighted by Crippen LogP contribution is -2.28. The van der Waals surface area contributed by atoms with Crippen LogP contribution in [0.5, 0.6) is 11.5 Å². The van der Waals surface area contributed by atoms with Crippen LogP contribution < -0.4 is 14.8 Å². The first-order chi connectivity index (χ1) is 13.8. The number of hydrogen-bond acceptors (Lipinski definition) is 5. The van der Waals surface area contributed by atoms with Gasteiger partial charge in [-0.25, -0.2) is 0 Å². The molecule has 2 aromatic rings. The first-order valence-corrected chi connectivity index (χ1v) is 9.56. The van der Waals surface area contributed by atoms with Gasteiger partial charge in [0.2, 0.25) is 0 Å². The Morgan fingerprint density at radius 3 is 2.14 bits per heavy atom. The molecule has 0 spiro atoms. The van der Waals surface area contributed by atoms with Gasteiger partial charge in [0.1, 0.15) is 11.5 Å². The number of carbonyl (C=O) groups excluding carboxylic acids is 2. The highest BCUT2D eigenvalue weighted by atomic mass is 16.5. The van der Waals surface area contributed by atoms with Crippen molar-refractivity contribution < 1.29 is 23.8 Å². The van der Waals surface area contributed by atoms with Crippen LogP contribution in [0.3, 0.4) is 0 Å². The number of ether oxygens (including phenoxy) is 3. The van der Waals surface area contributed by atoms with Gasteiger partial charge in [-0.3, -0.25) is 9.59 Å². The van der Waals surface area contributed by atoms with Crippen molar-refractivity contribution in [3.05, 3.63) is 59.7 Å². The molecule has 6 heteroatoms. The van der Waals surface area contributed by atoms with Crippen LogP contribution in [0.15, 0.2) is 48.5 Å². The minimum absolute atomic E-state index is 0.0762. The molecule has 156 valence electrons. The Kier molecular flexibility index (Phi) is 8.07. The van der Waals surface area contributed by atoms with E-state index in [1.165, 1.54) is 5.56 Å². The molecule has 0 fully saturated rings. The fraction of sp³-hybridized carbons (Fsp3) is 0.391. The first kappa shape index (κ1) is 22.3. The summed E-state index contributed by atoms with van der Waals surface area (Å²) in [6.45, 7) is 6.68. The molecule has 0 saturated carbocycles. The van der Waals surface area contributed by atoms with Gasteiger partial charge >= 0.3 is 5.97 Å². The summed E-state index contributed by atoms with van der Waals surface area (Å²) in [6.07, 6.45) is 0.0762. The average molecular weight is 399 g/mol. The predicted octanol–water partition coefficient (Wildman–Crippen LogP) is 3.62. The van der Waals surface area contributed by atoms with Gasteiger partial charge in [0.15, 0.2) is 6.61 Å². The molecule has 1 amide bonds. The van der Waals surface area contributed by atoms with Crippen molar-refractivity contribution >= 4 is 11.9 Å². The van der Waals surface area contributed by atoms with E-state index >= 15 is 0 Å². The normalized spacial score (nSPS) is 10.9. The molecule has 0 radical (unpaired) electrons. The smallest absolute Gasteiger partial charge is 0.309 e. The number of nitrogens with one attached hydrogen (secondary N) is 1. The molecule has 0 bridgehead atoms. The van der Waals surface area contributed by atoms with Crippen molar-refractivity contribution in [1.29, 1.82) is 0 Å². The van der Waals surface area contributed by atoms with Gasteiger partial charge in [-0.05, 0) is 40.8 Å². The van der Waals surface area contributed by atoms with Crippen molar-refractivity contribution in [1.82, 2.24) is 5.32 Å². The quantitative estimate of drug-likeness (QED) is 0.652. The standard InChI is InChI=1S/C23H29NO5/c1-23(2,3)18-7-11-20(12-8-18)28-14-13-22(26)29-16-21(25)24-15-17-5-9-19(27-4)10-6-17/h5-12H,13-16H2,1-4H3,(H,24,25). The largest absolute Gasteiger partial charge is 0.497 e. The van der Waals surface area contributed by atoms with E-state index in [2.05, 4.69) is 26.1 Å². The summed E-state index contributed by atoms with van der Waals surface area (Å²) in [7, 11) is 1.60. The Balaban J connectivity index is 1.63. The molecule has 0 aliphatic rings. The molecular weight excluding hydrogens is 370 g/mol.